The Morgan fingerprint density at radius 2 is 1.94 bits per heavy atom. The molecule has 2 heterocycles. The standard InChI is InChI=1S/C27H35N3O4/c1-17(2)12-19(29-26(32)34-27(3,4)5)16-33-20-8-9-22-21-10-11-28-14-23(21)25(31)30(24(22)13-20)15-18-6-7-18/h8-11,13-14,17-19H,6-7,12,15-16H2,1-5H3,(H,29,32)/t19-/m0/s1. The number of nitrogens with one attached hydrogen (secondary N) is 1. The Morgan fingerprint density at radius 1 is 1.18 bits per heavy atom. The first-order valence-electron chi connectivity index (χ1n) is 12.1. The molecule has 0 saturated heterocycles. The molecule has 1 saturated carbocycles. The van der Waals surface area contributed by atoms with Gasteiger partial charge in [-0.05, 0) is 75.5 Å². The Bertz CT molecular complexity index is 1240. The van der Waals surface area contributed by atoms with Gasteiger partial charge in [-0.1, -0.05) is 13.8 Å². The first kappa shape index (κ1) is 24.0. The Kier molecular flexibility index (Phi) is 6.82. The first-order chi connectivity index (χ1) is 16.1. The molecule has 1 amide bonds. The number of benzene rings is 1. The van der Waals surface area contributed by atoms with Crippen LogP contribution >= 0.6 is 0 Å². The van der Waals surface area contributed by atoms with Gasteiger partial charge in [-0.3, -0.25) is 9.78 Å². The maximum Gasteiger partial charge on any atom is 0.407 e. The fourth-order valence-corrected chi connectivity index (χ4v) is 4.26. The summed E-state index contributed by atoms with van der Waals surface area (Å²) in [5, 5.41) is 5.50. The monoisotopic (exact) mass is 465 g/mol. The van der Waals surface area contributed by atoms with E-state index in [1.807, 2.05) is 49.6 Å². The molecule has 1 N–H and O–H groups in total. The quantitative estimate of drug-likeness (QED) is 0.458. The van der Waals surface area contributed by atoms with Gasteiger partial charge in [0.05, 0.1) is 16.9 Å². The fourth-order valence-electron chi connectivity index (χ4n) is 4.26. The molecule has 0 aliphatic heterocycles. The maximum atomic E-state index is 13.3. The summed E-state index contributed by atoms with van der Waals surface area (Å²) in [7, 11) is 0. The highest BCUT2D eigenvalue weighted by Crippen LogP contribution is 2.33. The molecule has 1 aromatic carbocycles. The van der Waals surface area contributed by atoms with Gasteiger partial charge in [0.15, 0.2) is 0 Å². The van der Waals surface area contributed by atoms with Crippen LogP contribution in [0.4, 0.5) is 4.79 Å². The molecule has 1 aliphatic rings. The number of aromatic nitrogens is 2. The second-order valence-electron chi connectivity index (χ2n) is 10.7. The van der Waals surface area contributed by atoms with Crippen LogP contribution in [0.15, 0.2) is 41.5 Å². The van der Waals surface area contributed by atoms with Crippen molar-refractivity contribution in [2.24, 2.45) is 11.8 Å². The van der Waals surface area contributed by atoms with Gasteiger partial charge >= 0.3 is 6.09 Å². The Labute approximate surface area is 200 Å². The van der Waals surface area contributed by atoms with Crippen molar-refractivity contribution in [2.75, 3.05) is 6.61 Å². The number of rotatable bonds is 8. The van der Waals surface area contributed by atoms with Crippen molar-refractivity contribution < 1.29 is 14.3 Å². The minimum absolute atomic E-state index is 0.0103. The van der Waals surface area contributed by atoms with Gasteiger partial charge in [0.2, 0.25) is 0 Å². The third-order valence-electron chi connectivity index (χ3n) is 5.91. The van der Waals surface area contributed by atoms with Gasteiger partial charge in [-0.25, -0.2) is 4.79 Å². The van der Waals surface area contributed by atoms with Gasteiger partial charge in [-0.2, -0.15) is 0 Å². The van der Waals surface area contributed by atoms with E-state index in [0.717, 1.165) is 35.6 Å². The topological polar surface area (TPSA) is 82.5 Å². The van der Waals surface area contributed by atoms with Crippen LogP contribution in [-0.4, -0.2) is 33.9 Å². The number of hydrogen-bond acceptors (Lipinski definition) is 5. The highest BCUT2D eigenvalue weighted by atomic mass is 16.6. The zero-order valence-corrected chi connectivity index (χ0v) is 20.8. The highest BCUT2D eigenvalue weighted by molar-refractivity contribution is 6.05. The van der Waals surface area contributed by atoms with Gasteiger partial charge in [0.1, 0.15) is 18.0 Å². The lowest BCUT2D eigenvalue weighted by atomic mass is 10.0. The Morgan fingerprint density at radius 3 is 2.62 bits per heavy atom. The van der Waals surface area contributed by atoms with Crippen molar-refractivity contribution >= 4 is 27.8 Å². The van der Waals surface area contributed by atoms with Gasteiger partial charge < -0.3 is 19.4 Å². The molecule has 7 heteroatoms. The van der Waals surface area contributed by atoms with E-state index in [1.165, 1.54) is 0 Å². The molecule has 1 aliphatic carbocycles. The molecule has 0 radical (unpaired) electrons. The number of nitrogens with zero attached hydrogens (tertiary/aromatic N) is 2. The molecule has 3 aromatic rings. The lowest BCUT2D eigenvalue weighted by molar-refractivity contribution is 0.0480. The van der Waals surface area contributed by atoms with Crippen molar-refractivity contribution in [2.45, 2.75) is 72.1 Å². The van der Waals surface area contributed by atoms with Crippen LogP contribution < -0.4 is 15.6 Å². The summed E-state index contributed by atoms with van der Waals surface area (Å²) in [4.78, 5) is 29.7. The summed E-state index contributed by atoms with van der Waals surface area (Å²) in [6.45, 7) is 10.8. The second-order valence-corrected chi connectivity index (χ2v) is 10.7. The molecule has 7 nitrogen and oxygen atoms in total. The van der Waals surface area contributed by atoms with Crippen LogP contribution in [0.2, 0.25) is 0 Å². The van der Waals surface area contributed by atoms with E-state index in [1.54, 1.807) is 12.4 Å². The predicted molar refractivity (Wildman–Crippen MR) is 134 cm³/mol. The summed E-state index contributed by atoms with van der Waals surface area (Å²) >= 11 is 0. The fraction of sp³-hybridized carbons (Fsp3) is 0.519. The van der Waals surface area contributed by atoms with Crippen molar-refractivity contribution in [1.82, 2.24) is 14.9 Å². The van der Waals surface area contributed by atoms with Gasteiger partial charge in [0, 0.05) is 30.4 Å². The predicted octanol–water partition coefficient (Wildman–Crippen LogP) is 5.28. The number of carbonyl (C=O) groups is 1. The average Bonchev–Trinajstić information content (AvgIpc) is 3.57. The minimum Gasteiger partial charge on any atom is -0.491 e. The van der Waals surface area contributed by atoms with Crippen LogP contribution in [0.1, 0.15) is 53.9 Å². The number of amides is 1. The molecular formula is C27H35N3O4. The molecule has 0 bridgehead atoms. The summed E-state index contributed by atoms with van der Waals surface area (Å²) in [6.07, 6.45) is 6.00. The normalized spacial score (nSPS) is 15.0. The molecule has 4 rings (SSSR count). The van der Waals surface area contributed by atoms with Crippen LogP contribution in [0.5, 0.6) is 5.75 Å². The number of hydrogen-bond donors (Lipinski definition) is 1. The van der Waals surface area contributed by atoms with Crippen LogP contribution in [0.3, 0.4) is 0 Å². The van der Waals surface area contributed by atoms with E-state index >= 15 is 0 Å². The average molecular weight is 466 g/mol. The largest absolute Gasteiger partial charge is 0.491 e. The molecule has 0 unspecified atom stereocenters. The van der Waals surface area contributed by atoms with Crippen molar-refractivity contribution in [3.63, 3.8) is 0 Å². The SMILES string of the molecule is CC(C)C[C@@H](COc1ccc2c3ccncc3c(=O)n(CC3CC3)c2c1)NC(=O)OC(C)(C)C. The molecule has 1 fully saturated rings. The molecule has 1 atom stereocenters. The molecule has 0 spiro atoms. The molecule has 2 aromatic heterocycles. The summed E-state index contributed by atoms with van der Waals surface area (Å²) in [5.74, 6) is 1.60. The minimum atomic E-state index is -0.560. The van der Waals surface area contributed by atoms with Crippen LogP contribution in [0.25, 0.3) is 21.7 Å². The first-order valence-corrected chi connectivity index (χ1v) is 12.1. The van der Waals surface area contributed by atoms with E-state index in [9.17, 15) is 9.59 Å². The van der Waals surface area contributed by atoms with Gasteiger partial charge in [0.25, 0.3) is 5.56 Å². The van der Waals surface area contributed by atoms with E-state index in [-0.39, 0.29) is 11.6 Å². The summed E-state index contributed by atoms with van der Waals surface area (Å²) in [5.41, 5.74) is 0.298. The molecule has 182 valence electrons. The van der Waals surface area contributed by atoms with E-state index in [2.05, 4.69) is 24.1 Å². The lowest BCUT2D eigenvalue weighted by Crippen LogP contribution is -2.42. The van der Waals surface area contributed by atoms with Crippen LogP contribution in [-0.2, 0) is 11.3 Å². The van der Waals surface area contributed by atoms with Crippen molar-refractivity contribution in [3.8, 4) is 5.75 Å². The maximum absolute atomic E-state index is 13.3. The number of alkyl carbamates (subject to hydrolysis) is 1. The Hall–Kier alpha value is -3.09. The number of pyridine rings is 2. The van der Waals surface area contributed by atoms with E-state index in [4.69, 9.17) is 9.47 Å². The van der Waals surface area contributed by atoms with Crippen molar-refractivity contribution in [3.05, 3.63) is 47.0 Å². The molecular weight excluding hydrogens is 430 g/mol. The number of ether oxygens (including phenoxy) is 2. The van der Waals surface area contributed by atoms with E-state index in [0.29, 0.717) is 36.1 Å². The number of carbonyl (C=O) groups excluding carboxylic acids is 1. The zero-order chi connectivity index (χ0) is 24.5. The van der Waals surface area contributed by atoms with Crippen LogP contribution in [0, 0.1) is 11.8 Å². The second kappa shape index (κ2) is 9.65. The summed E-state index contributed by atoms with van der Waals surface area (Å²) < 4.78 is 13.4. The molecule has 34 heavy (non-hydrogen) atoms. The third-order valence-corrected chi connectivity index (χ3v) is 5.91. The zero-order valence-electron chi connectivity index (χ0n) is 20.8. The van der Waals surface area contributed by atoms with E-state index < -0.39 is 11.7 Å². The smallest absolute Gasteiger partial charge is 0.407 e. The number of fused-ring (bicyclic) bond motifs is 3. The summed E-state index contributed by atoms with van der Waals surface area (Å²) in [6, 6.07) is 7.58. The van der Waals surface area contributed by atoms with Crippen molar-refractivity contribution in [1.29, 1.82) is 0 Å². The van der Waals surface area contributed by atoms with Gasteiger partial charge in [-0.15, -0.1) is 0 Å². The highest BCUT2D eigenvalue weighted by Gasteiger charge is 2.24. The third kappa shape index (κ3) is 5.88. The Balaban J connectivity index is 1.60. The lowest BCUT2D eigenvalue weighted by Gasteiger charge is -2.25.